The molecule has 1 aromatic rings. The first-order valence-corrected chi connectivity index (χ1v) is 11.6. The summed E-state index contributed by atoms with van der Waals surface area (Å²) in [4.78, 5) is 19.9. The van der Waals surface area contributed by atoms with Crippen molar-refractivity contribution in [1.29, 1.82) is 0 Å². The largest absolute Gasteiger partial charge is 0.464 e. The number of ether oxygens (including phenoxy) is 2. The molecule has 1 saturated carbocycles. The van der Waals surface area contributed by atoms with Crippen LogP contribution in [0.4, 0.5) is 13.6 Å². The van der Waals surface area contributed by atoms with Crippen molar-refractivity contribution < 1.29 is 23.0 Å². The topological polar surface area (TPSA) is 63.7 Å². The van der Waals surface area contributed by atoms with Gasteiger partial charge in [0.25, 0.3) is 11.6 Å². The van der Waals surface area contributed by atoms with Gasteiger partial charge in [-0.25, -0.2) is 18.6 Å². The van der Waals surface area contributed by atoms with Gasteiger partial charge in [-0.1, -0.05) is 11.3 Å². The fourth-order valence-electron chi connectivity index (χ4n) is 4.05. The van der Waals surface area contributed by atoms with E-state index in [2.05, 4.69) is 15.2 Å². The summed E-state index contributed by atoms with van der Waals surface area (Å²) in [5.41, 5.74) is 0.503. The number of alkyl halides is 2. The zero-order chi connectivity index (χ0) is 21.7. The molecule has 1 N–H and O–H groups in total. The van der Waals surface area contributed by atoms with Gasteiger partial charge in [-0.15, -0.1) is 0 Å². The van der Waals surface area contributed by atoms with Crippen LogP contribution in [0, 0.1) is 5.92 Å². The second kappa shape index (κ2) is 10.2. The van der Waals surface area contributed by atoms with Crippen molar-refractivity contribution in [1.82, 2.24) is 15.2 Å². The number of carbonyl (C=O) groups is 1. The Morgan fingerprint density at radius 1 is 1.30 bits per heavy atom. The lowest BCUT2D eigenvalue weighted by molar-refractivity contribution is 0.0485. The first-order valence-electron chi connectivity index (χ1n) is 10.8. The SMILES string of the molecule is CC(C)(C)OC(=O)N[C@H]1CC[C@H](CCN2CCc3sc(OCC(F)F)nc3C2)CC1. The number of halogens is 2. The Balaban J connectivity index is 1.36. The van der Waals surface area contributed by atoms with Crippen molar-refractivity contribution in [3.63, 3.8) is 0 Å². The monoisotopic (exact) mass is 445 g/mol. The van der Waals surface area contributed by atoms with Gasteiger partial charge in [-0.05, 0) is 71.8 Å². The number of amides is 1. The van der Waals surface area contributed by atoms with Crippen molar-refractivity contribution in [2.45, 2.75) is 83.9 Å². The summed E-state index contributed by atoms with van der Waals surface area (Å²) in [5, 5.41) is 3.35. The van der Waals surface area contributed by atoms with E-state index in [0.29, 0.717) is 11.1 Å². The molecule has 0 saturated heterocycles. The van der Waals surface area contributed by atoms with Crippen molar-refractivity contribution in [3.8, 4) is 5.19 Å². The van der Waals surface area contributed by atoms with Crippen LogP contribution >= 0.6 is 11.3 Å². The molecule has 1 aliphatic heterocycles. The maximum Gasteiger partial charge on any atom is 0.407 e. The Morgan fingerprint density at radius 3 is 2.70 bits per heavy atom. The number of alkyl carbamates (subject to hydrolysis) is 1. The van der Waals surface area contributed by atoms with Gasteiger partial charge in [0.15, 0.2) is 6.61 Å². The van der Waals surface area contributed by atoms with Crippen molar-refractivity contribution >= 4 is 17.4 Å². The van der Waals surface area contributed by atoms with E-state index in [1.807, 2.05) is 20.8 Å². The van der Waals surface area contributed by atoms with E-state index in [1.165, 1.54) is 11.3 Å². The first-order chi connectivity index (χ1) is 14.2. The summed E-state index contributed by atoms with van der Waals surface area (Å²) in [7, 11) is 0. The van der Waals surface area contributed by atoms with E-state index in [9.17, 15) is 13.6 Å². The van der Waals surface area contributed by atoms with Crippen LogP contribution in [0.25, 0.3) is 0 Å². The van der Waals surface area contributed by atoms with Gasteiger partial charge < -0.3 is 14.8 Å². The minimum Gasteiger partial charge on any atom is -0.464 e. The third-order valence-electron chi connectivity index (χ3n) is 5.54. The number of aromatic nitrogens is 1. The Bertz CT molecular complexity index is 700. The quantitative estimate of drug-likeness (QED) is 0.664. The Morgan fingerprint density at radius 2 is 2.03 bits per heavy atom. The highest BCUT2D eigenvalue weighted by Gasteiger charge is 2.26. The van der Waals surface area contributed by atoms with Gasteiger partial charge in [0.1, 0.15) is 5.60 Å². The minimum absolute atomic E-state index is 0.204. The number of nitrogens with one attached hydrogen (secondary N) is 1. The number of hydrogen-bond donors (Lipinski definition) is 1. The molecule has 0 unspecified atom stereocenters. The predicted molar refractivity (Wildman–Crippen MR) is 112 cm³/mol. The molecule has 0 aromatic carbocycles. The number of hydrogen-bond acceptors (Lipinski definition) is 6. The van der Waals surface area contributed by atoms with Gasteiger partial charge in [-0.3, -0.25) is 4.90 Å². The van der Waals surface area contributed by atoms with E-state index in [4.69, 9.17) is 9.47 Å². The standard InChI is InChI=1S/C21H33F2N3O3S/c1-21(2,3)29-19(27)24-15-6-4-14(5-7-15)8-10-26-11-9-17-16(12-26)25-20(30-17)28-13-18(22)23/h14-15,18H,4-13H2,1-3H3,(H,24,27)/t14-,15-. The fraction of sp³-hybridized carbons (Fsp3) is 0.810. The van der Waals surface area contributed by atoms with Crippen LogP contribution in [-0.4, -0.2) is 53.7 Å². The maximum atomic E-state index is 12.3. The molecule has 0 atom stereocenters. The van der Waals surface area contributed by atoms with Crippen LogP contribution in [0.15, 0.2) is 0 Å². The summed E-state index contributed by atoms with van der Waals surface area (Å²) in [5.74, 6) is 0.670. The van der Waals surface area contributed by atoms with E-state index in [-0.39, 0.29) is 12.1 Å². The van der Waals surface area contributed by atoms with Crippen LogP contribution in [0.1, 0.15) is 63.4 Å². The summed E-state index contributed by atoms with van der Waals surface area (Å²) in [6.07, 6.45) is 3.44. The first kappa shape index (κ1) is 23.2. The molecule has 1 aliphatic carbocycles. The normalized spacial score (nSPS) is 22.6. The van der Waals surface area contributed by atoms with Gasteiger partial charge in [-0.2, -0.15) is 0 Å². The maximum absolute atomic E-state index is 12.3. The lowest BCUT2D eigenvalue weighted by Crippen LogP contribution is -2.41. The van der Waals surface area contributed by atoms with Gasteiger partial charge in [0, 0.05) is 24.0 Å². The number of thiazole rings is 1. The van der Waals surface area contributed by atoms with Gasteiger partial charge in [0.05, 0.1) is 5.69 Å². The van der Waals surface area contributed by atoms with Crippen LogP contribution < -0.4 is 10.1 Å². The molecule has 2 heterocycles. The third kappa shape index (κ3) is 7.34. The molecule has 2 aliphatic rings. The molecule has 6 nitrogen and oxygen atoms in total. The highest BCUT2D eigenvalue weighted by molar-refractivity contribution is 7.13. The van der Waals surface area contributed by atoms with Crippen LogP contribution in [0.3, 0.4) is 0 Å². The summed E-state index contributed by atoms with van der Waals surface area (Å²) in [6, 6.07) is 0.204. The summed E-state index contributed by atoms with van der Waals surface area (Å²) in [6.45, 7) is 7.76. The van der Waals surface area contributed by atoms with Crippen LogP contribution in [0.5, 0.6) is 5.19 Å². The second-order valence-corrected chi connectivity index (χ2v) is 10.3. The van der Waals surface area contributed by atoms with Crippen LogP contribution in [0.2, 0.25) is 0 Å². The van der Waals surface area contributed by atoms with Gasteiger partial charge >= 0.3 is 6.09 Å². The lowest BCUT2D eigenvalue weighted by atomic mass is 9.84. The molecule has 0 spiro atoms. The number of nitrogens with zero attached hydrogens (tertiary/aromatic N) is 2. The molecule has 3 rings (SSSR count). The fourth-order valence-corrected chi connectivity index (χ4v) is 4.97. The smallest absolute Gasteiger partial charge is 0.407 e. The average Bonchev–Trinajstić information content (AvgIpc) is 3.06. The van der Waals surface area contributed by atoms with Gasteiger partial charge in [0.2, 0.25) is 0 Å². The van der Waals surface area contributed by atoms with E-state index >= 15 is 0 Å². The zero-order valence-electron chi connectivity index (χ0n) is 18.1. The molecule has 1 aromatic heterocycles. The molecule has 0 radical (unpaired) electrons. The second-order valence-electron chi connectivity index (χ2n) is 9.23. The van der Waals surface area contributed by atoms with E-state index in [1.54, 1.807) is 0 Å². The highest BCUT2D eigenvalue weighted by Crippen LogP contribution is 2.31. The average molecular weight is 446 g/mol. The van der Waals surface area contributed by atoms with Crippen molar-refractivity contribution in [2.24, 2.45) is 5.92 Å². The molecule has 30 heavy (non-hydrogen) atoms. The predicted octanol–water partition coefficient (Wildman–Crippen LogP) is 4.62. The van der Waals surface area contributed by atoms with Crippen molar-refractivity contribution in [3.05, 3.63) is 10.6 Å². The van der Waals surface area contributed by atoms with Crippen molar-refractivity contribution in [2.75, 3.05) is 19.7 Å². The van der Waals surface area contributed by atoms with Crippen LogP contribution in [-0.2, 0) is 17.7 Å². The third-order valence-corrected chi connectivity index (χ3v) is 6.61. The Kier molecular flexibility index (Phi) is 7.90. The molecule has 1 amide bonds. The number of rotatable bonds is 7. The molecule has 170 valence electrons. The molecular weight excluding hydrogens is 412 g/mol. The van der Waals surface area contributed by atoms with E-state index < -0.39 is 18.6 Å². The summed E-state index contributed by atoms with van der Waals surface area (Å²) >= 11 is 1.40. The number of fused-ring (bicyclic) bond motifs is 1. The molecular formula is C21H33F2N3O3S. The minimum atomic E-state index is -2.48. The Labute approximate surface area is 181 Å². The molecule has 9 heteroatoms. The Hall–Kier alpha value is -1.48. The molecule has 1 fully saturated rings. The zero-order valence-corrected chi connectivity index (χ0v) is 18.9. The number of carbonyl (C=O) groups excluding carboxylic acids is 1. The summed E-state index contributed by atoms with van der Waals surface area (Å²) < 4.78 is 35.0. The molecule has 0 bridgehead atoms. The lowest BCUT2D eigenvalue weighted by Gasteiger charge is -2.32. The highest BCUT2D eigenvalue weighted by atomic mass is 32.1. The van der Waals surface area contributed by atoms with E-state index in [0.717, 1.165) is 68.7 Å².